The summed E-state index contributed by atoms with van der Waals surface area (Å²) in [6.45, 7) is 0. The van der Waals surface area contributed by atoms with Crippen LogP contribution in [0.1, 0.15) is 26.7 Å². The molecule has 0 fully saturated rings. The van der Waals surface area contributed by atoms with Gasteiger partial charge in [-0.25, -0.2) is 9.97 Å². The topological polar surface area (TPSA) is 135 Å². The molecule has 82 valence electrons. The minimum atomic E-state index is -1.15. The smallest absolute Gasteiger partial charge is 0.311 e. The Bertz CT molecular complexity index is 525. The van der Waals surface area contributed by atoms with Crippen LogP contribution in [0.4, 0.5) is 5.82 Å². The van der Waals surface area contributed by atoms with E-state index in [9.17, 15) is 14.4 Å². The normalized spacial score (nSPS) is 13.5. The molecule has 8 heteroatoms. The predicted molar refractivity (Wildman–Crippen MR) is 49.6 cm³/mol. The molecule has 0 bridgehead atoms. The molecular weight excluding hydrogens is 216 g/mol. The molecule has 8 nitrogen and oxygen atoms in total. The lowest BCUT2D eigenvalue weighted by Gasteiger charge is -2.01. The Kier molecular flexibility index (Phi) is 2.04. The Labute approximate surface area is 88.5 Å². The number of carbonyl (C=O) groups excluding carboxylic acids is 2. The van der Waals surface area contributed by atoms with E-state index in [0.717, 1.165) is 0 Å². The van der Waals surface area contributed by atoms with Crippen molar-refractivity contribution in [1.29, 1.82) is 0 Å². The van der Waals surface area contributed by atoms with Crippen molar-refractivity contribution in [2.24, 2.45) is 0 Å². The molecule has 16 heavy (non-hydrogen) atoms. The molecule has 1 aliphatic heterocycles. The molecule has 4 N–H and O–H groups in total. The third-order valence-corrected chi connectivity index (χ3v) is 1.96. The maximum atomic E-state index is 11.2. The average Bonchev–Trinajstić information content (AvgIpc) is 2.41. The Morgan fingerprint density at radius 3 is 2.62 bits per heavy atom. The van der Waals surface area contributed by atoms with Crippen molar-refractivity contribution in [3.05, 3.63) is 17.1 Å². The third kappa shape index (κ3) is 1.45. The van der Waals surface area contributed by atoms with Crippen LogP contribution in [0.3, 0.4) is 0 Å². The van der Waals surface area contributed by atoms with Gasteiger partial charge in [-0.3, -0.25) is 19.7 Å². The molecule has 0 spiro atoms. The minimum absolute atomic E-state index is 0.0980. The summed E-state index contributed by atoms with van der Waals surface area (Å²) in [5.74, 6) is -2.80. The number of hydrogen-bond acceptors (Lipinski definition) is 6. The number of nitrogens with two attached hydrogens (primary N) is 1. The quantitative estimate of drug-likeness (QED) is 0.522. The van der Waals surface area contributed by atoms with Crippen LogP contribution in [0.5, 0.6) is 0 Å². The van der Waals surface area contributed by atoms with Crippen molar-refractivity contribution in [2.75, 3.05) is 5.73 Å². The van der Waals surface area contributed by atoms with E-state index in [1.807, 2.05) is 5.32 Å². The van der Waals surface area contributed by atoms with Gasteiger partial charge in [0.2, 0.25) is 0 Å². The summed E-state index contributed by atoms with van der Waals surface area (Å²) in [7, 11) is 0. The molecule has 2 heterocycles. The van der Waals surface area contributed by atoms with Crippen LogP contribution in [0.15, 0.2) is 0 Å². The number of anilines is 1. The van der Waals surface area contributed by atoms with Gasteiger partial charge >= 0.3 is 5.97 Å². The summed E-state index contributed by atoms with van der Waals surface area (Å²) in [5, 5.41) is 10.5. The first-order valence-corrected chi connectivity index (χ1v) is 4.23. The van der Waals surface area contributed by atoms with Gasteiger partial charge in [0.05, 0.1) is 0 Å². The highest BCUT2D eigenvalue weighted by Crippen LogP contribution is 2.18. The molecule has 2 amide bonds. The lowest BCUT2D eigenvalue weighted by atomic mass is 10.2. The van der Waals surface area contributed by atoms with Crippen molar-refractivity contribution >= 4 is 23.6 Å². The van der Waals surface area contributed by atoms with Gasteiger partial charge in [0, 0.05) is 0 Å². The van der Waals surface area contributed by atoms with Crippen LogP contribution in [-0.4, -0.2) is 32.9 Å². The van der Waals surface area contributed by atoms with Gasteiger partial charge in [0.25, 0.3) is 11.8 Å². The monoisotopic (exact) mass is 222 g/mol. The number of carboxylic acids is 1. The highest BCUT2D eigenvalue weighted by molar-refractivity contribution is 6.22. The van der Waals surface area contributed by atoms with Crippen LogP contribution in [0.25, 0.3) is 0 Å². The third-order valence-electron chi connectivity index (χ3n) is 1.96. The zero-order chi connectivity index (χ0) is 11.9. The van der Waals surface area contributed by atoms with E-state index >= 15 is 0 Å². The molecule has 0 atom stereocenters. The lowest BCUT2D eigenvalue weighted by Crippen LogP contribution is -2.20. The number of aromatic nitrogens is 2. The summed E-state index contributed by atoms with van der Waals surface area (Å²) in [6.07, 6.45) is -0.459. The van der Waals surface area contributed by atoms with Crippen LogP contribution < -0.4 is 11.1 Å². The summed E-state index contributed by atoms with van der Waals surface area (Å²) in [4.78, 5) is 40.2. The van der Waals surface area contributed by atoms with Crippen LogP contribution in [0, 0.1) is 0 Å². The number of amides is 2. The first kappa shape index (κ1) is 10.0. The Balaban J connectivity index is 2.54. The van der Waals surface area contributed by atoms with E-state index in [-0.39, 0.29) is 22.9 Å². The summed E-state index contributed by atoms with van der Waals surface area (Å²) < 4.78 is 0. The fourth-order valence-corrected chi connectivity index (χ4v) is 1.35. The predicted octanol–water partition coefficient (Wildman–Crippen LogP) is -1.43. The van der Waals surface area contributed by atoms with Crippen molar-refractivity contribution in [1.82, 2.24) is 15.3 Å². The number of carbonyl (C=O) groups is 3. The summed E-state index contributed by atoms with van der Waals surface area (Å²) in [6, 6.07) is 0. The van der Waals surface area contributed by atoms with Crippen LogP contribution >= 0.6 is 0 Å². The first-order chi connectivity index (χ1) is 7.49. The number of imide groups is 1. The van der Waals surface area contributed by atoms with E-state index in [1.165, 1.54) is 0 Å². The summed E-state index contributed by atoms with van der Waals surface area (Å²) >= 11 is 0. The van der Waals surface area contributed by atoms with Gasteiger partial charge in [-0.15, -0.1) is 0 Å². The average molecular weight is 222 g/mol. The van der Waals surface area contributed by atoms with Crippen LogP contribution in [-0.2, 0) is 11.2 Å². The fraction of sp³-hybridized carbons (Fsp3) is 0.125. The second-order valence-electron chi connectivity index (χ2n) is 3.10. The van der Waals surface area contributed by atoms with Gasteiger partial charge < -0.3 is 10.8 Å². The SMILES string of the molecule is Nc1nc(CC(=O)O)nc2c1C(=O)NC2=O. The number of nitrogen functional groups attached to an aromatic ring is 1. The number of aliphatic carboxylic acids is 1. The van der Waals surface area contributed by atoms with Crippen molar-refractivity contribution < 1.29 is 19.5 Å². The largest absolute Gasteiger partial charge is 0.481 e. The van der Waals surface area contributed by atoms with E-state index < -0.39 is 24.2 Å². The standard InChI is InChI=1S/C8H6N4O4/c9-6-4-5(8(16)12-7(4)15)10-2(11-6)1-3(13)14/h1H2,(H,13,14)(H2,9,10,11)(H,12,15,16). The summed E-state index contributed by atoms with van der Waals surface area (Å²) in [5.41, 5.74) is 5.17. The fourth-order valence-electron chi connectivity index (χ4n) is 1.35. The van der Waals surface area contributed by atoms with Crippen molar-refractivity contribution in [3.63, 3.8) is 0 Å². The highest BCUT2D eigenvalue weighted by atomic mass is 16.4. The Morgan fingerprint density at radius 1 is 1.31 bits per heavy atom. The zero-order valence-electron chi connectivity index (χ0n) is 7.85. The van der Waals surface area contributed by atoms with Crippen LogP contribution in [0.2, 0.25) is 0 Å². The van der Waals surface area contributed by atoms with E-state index in [4.69, 9.17) is 10.8 Å². The van der Waals surface area contributed by atoms with Gasteiger partial charge in [0.15, 0.2) is 0 Å². The molecule has 0 aromatic carbocycles. The van der Waals surface area contributed by atoms with Crippen molar-refractivity contribution in [2.45, 2.75) is 6.42 Å². The van der Waals surface area contributed by atoms with Gasteiger partial charge in [-0.2, -0.15) is 0 Å². The van der Waals surface area contributed by atoms with E-state index in [0.29, 0.717) is 0 Å². The molecule has 0 aliphatic carbocycles. The maximum Gasteiger partial charge on any atom is 0.311 e. The molecule has 0 saturated carbocycles. The number of rotatable bonds is 2. The van der Waals surface area contributed by atoms with Gasteiger partial charge in [0.1, 0.15) is 29.3 Å². The highest BCUT2D eigenvalue weighted by Gasteiger charge is 2.32. The molecule has 0 unspecified atom stereocenters. The second-order valence-corrected chi connectivity index (χ2v) is 3.10. The lowest BCUT2D eigenvalue weighted by molar-refractivity contribution is -0.136. The van der Waals surface area contributed by atoms with E-state index in [2.05, 4.69) is 9.97 Å². The number of fused-ring (bicyclic) bond motifs is 1. The molecule has 0 radical (unpaired) electrons. The molecule has 2 rings (SSSR count). The molecule has 0 saturated heterocycles. The van der Waals surface area contributed by atoms with E-state index in [1.54, 1.807) is 0 Å². The number of hydrogen-bond donors (Lipinski definition) is 3. The first-order valence-electron chi connectivity index (χ1n) is 4.23. The maximum absolute atomic E-state index is 11.2. The molecular formula is C8H6N4O4. The molecule has 1 aromatic heterocycles. The zero-order valence-corrected chi connectivity index (χ0v) is 7.85. The number of nitrogens with zero attached hydrogens (tertiary/aromatic N) is 2. The number of carboxylic acid groups (broad SMARTS) is 1. The van der Waals surface area contributed by atoms with Crippen molar-refractivity contribution in [3.8, 4) is 0 Å². The minimum Gasteiger partial charge on any atom is -0.481 e. The molecule has 1 aliphatic rings. The Hall–Kier alpha value is -2.51. The van der Waals surface area contributed by atoms with Gasteiger partial charge in [-0.05, 0) is 0 Å². The Morgan fingerprint density at radius 2 is 2.00 bits per heavy atom. The van der Waals surface area contributed by atoms with Gasteiger partial charge in [-0.1, -0.05) is 0 Å². The number of nitrogens with one attached hydrogen (secondary N) is 1. The molecule has 1 aromatic rings. The second kappa shape index (κ2) is 3.26.